The number of amides is 2. The molecule has 27 heavy (non-hydrogen) atoms. The lowest BCUT2D eigenvalue weighted by molar-refractivity contribution is -0.871. The minimum Gasteiger partial charge on any atom is -0.457 e. The molecule has 0 unspecified atom stereocenters. The van der Waals surface area contributed by atoms with Crippen molar-refractivity contribution in [3.8, 4) is 11.5 Å². The number of likely N-dealkylation sites (N-methyl/N-ethyl adjacent to an activating group) is 1. The smallest absolute Gasteiger partial charge is 0.319 e. The first-order chi connectivity index (χ1) is 12.7. The van der Waals surface area contributed by atoms with Crippen LogP contribution in [0.1, 0.15) is 13.3 Å². The van der Waals surface area contributed by atoms with Crippen molar-refractivity contribution in [3.63, 3.8) is 0 Å². The van der Waals surface area contributed by atoms with Gasteiger partial charge in [0.2, 0.25) is 0 Å². The summed E-state index contributed by atoms with van der Waals surface area (Å²) in [5.41, 5.74) is 0.618. The van der Waals surface area contributed by atoms with E-state index in [0.717, 1.165) is 5.75 Å². The van der Waals surface area contributed by atoms with Crippen LogP contribution in [0.2, 0.25) is 0 Å². The first-order valence-electron chi connectivity index (χ1n) is 8.92. The summed E-state index contributed by atoms with van der Waals surface area (Å²) >= 11 is 0. The topological polar surface area (TPSA) is 67.4 Å². The van der Waals surface area contributed by atoms with Gasteiger partial charge in [-0.15, -0.1) is 0 Å². The summed E-state index contributed by atoms with van der Waals surface area (Å²) in [6.07, 6.45) is 0.306. The fraction of sp³-hybridized carbons (Fsp3) is 0.333. The van der Waals surface area contributed by atoms with Gasteiger partial charge in [0.25, 0.3) is 0 Å². The fourth-order valence-corrected chi connectivity index (χ4v) is 2.78. The molecule has 0 aliphatic heterocycles. The lowest BCUT2D eigenvalue weighted by Gasteiger charge is -2.29. The van der Waals surface area contributed by atoms with E-state index in [-0.39, 0.29) is 17.9 Å². The molecule has 1 atom stereocenters. The lowest BCUT2D eigenvalue weighted by atomic mass is 10.1. The highest BCUT2D eigenvalue weighted by molar-refractivity contribution is 5.90. The standard InChI is InChI=1S/C21H27N3O3/c1-16(25)13-18(15-24(2,3)4)23-21(26)22-17-9-8-12-20(14-17)27-19-10-6-5-7-11-19/h5-12,14,18H,13,15H2,1-4H3,(H-,22,23,26)/p+1/t18-/m1/s1. The number of para-hydroxylation sites is 1. The minimum atomic E-state index is -0.341. The molecule has 144 valence electrons. The van der Waals surface area contributed by atoms with E-state index in [1.54, 1.807) is 12.1 Å². The molecule has 0 bridgehead atoms. The molecule has 0 fully saturated rings. The van der Waals surface area contributed by atoms with Gasteiger partial charge < -0.3 is 19.9 Å². The highest BCUT2D eigenvalue weighted by atomic mass is 16.5. The van der Waals surface area contributed by atoms with Crippen LogP contribution in [0, 0.1) is 0 Å². The number of hydrogen-bond donors (Lipinski definition) is 2. The maximum absolute atomic E-state index is 12.4. The van der Waals surface area contributed by atoms with Gasteiger partial charge in [-0.1, -0.05) is 24.3 Å². The number of ketones is 1. The van der Waals surface area contributed by atoms with Crippen molar-refractivity contribution in [1.29, 1.82) is 0 Å². The zero-order valence-corrected chi connectivity index (χ0v) is 16.4. The molecule has 0 aromatic heterocycles. The van der Waals surface area contributed by atoms with Crippen LogP contribution in [0.15, 0.2) is 54.6 Å². The van der Waals surface area contributed by atoms with Crippen LogP contribution in [-0.4, -0.2) is 50.0 Å². The van der Waals surface area contributed by atoms with E-state index in [1.165, 1.54) is 6.92 Å². The van der Waals surface area contributed by atoms with Crippen molar-refractivity contribution in [3.05, 3.63) is 54.6 Å². The van der Waals surface area contributed by atoms with Gasteiger partial charge in [-0.3, -0.25) is 4.79 Å². The van der Waals surface area contributed by atoms with Gasteiger partial charge in [-0.25, -0.2) is 4.79 Å². The Morgan fingerprint density at radius 2 is 1.67 bits per heavy atom. The van der Waals surface area contributed by atoms with Crippen LogP contribution in [0.25, 0.3) is 0 Å². The van der Waals surface area contributed by atoms with Crippen molar-refractivity contribution in [2.75, 3.05) is 33.0 Å². The first kappa shape index (κ1) is 20.5. The third-order valence-electron chi connectivity index (χ3n) is 3.71. The normalized spacial score (nSPS) is 12.1. The third-order valence-corrected chi connectivity index (χ3v) is 3.71. The Morgan fingerprint density at radius 1 is 1.00 bits per heavy atom. The van der Waals surface area contributed by atoms with E-state index in [9.17, 15) is 9.59 Å². The molecule has 2 rings (SSSR count). The number of Topliss-reactive ketones (excluding diaryl/α,β-unsaturated/α-hetero) is 1. The fourth-order valence-electron chi connectivity index (χ4n) is 2.78. The van der Waals surface area contributed by atoms with Crippen LogP contribution in [0.5, 0.6) is 11.5 Å². The molecule has 2 aromatic rings. The summed E-state index contributed by atoms with van der Waals surface area (Å²) in [5, 5.41) is 5.70. The van der Waals surface area contributed by atoms with Crippen molar-refractivity contribution in [2.24, 2.45) is 0 Å². The van der Waals surface area contributed by atoms with Gasteiger partial charge in [0, 0.05) is 18.2 Å². The van der Waals surface area contributed by atoms with E-state index in [2.05, 4.69) is 10.6 Å². The Morgan fingerprint density at radius 3 is 2.30 bits per heavy atom. The van der Waals surface area contributed by atoms with Crippen molar-refractivity contribution in [2.45, 2.75) is 19.4 Å². The number of quaternary nitrogens is 1. The second-order valence-corrected chi connectivity index (χ2v) is 7.62. The molecule has 6 heteroatoms. The number of rotatable bonds is 8. The summed E-state index contributed by atoms with van der Waals surface area (Å²) in [5.74, 6) is 1.40. The Kier molecular flexibility index (Phi) is 6.96. The molecule has 0 spiro atoms. The zero-order chi connectivity index (χ0) is 19.9. The van der Waals surface area contributed by atoms with Gasteiger partial charge in [-0.05, 0) is 31.2 Å². The quantitative estimate of drug-likeness (QED) is 0.697. The molecule has 6 nitrogen and oxygen atoms in total. The van der Waals surface area contributed by atoms with Crippen LogP contribution >= 0.6 is 0 Å². The monoisotopic (exact) mass is 370 g/mol. The summed E-state index contributed by atoms with van der Waals surface area (Å²) < 4.78 is 6.43. The van der Waals surface area contributed by atoms with E-state index >= 15 is 0 Å². The molecule has 0 aliphatic carbocycles. The van der Waals surface area contributed by atoms with Crippen molar-refractivity contribution in [1.82, 2.24) is 5.32 Å². The van der Waals surface area contributed by atoms with Crippen LogP contribution in [0.3, 0.4) is 0 Å². The molecule has 2 N–H and O–H groups in total. The molecule has 0 radical (unpaired) electrons. The highest BCUT2D eigenvalue weighted by Gasteiger charge is 2.21. The third kappa shape index (κ3) is 7.92. The number of nitrogens with one attached hydrogen (secondary N) is 2. The maximum Gasteiger partial charge on any atom is 0.319 e. The Balaban J connectivity index is 1.99. The maximum atomic E-state index is 12.4. The average Bonchev–Trinajstić information content (AvgIpc) is 2.53. The van der Waals surface area contributed by atoms with E-state index < -0.39 is 0 Å². The van der Waals surface area contributed by atoms with Gasteiger partial charge in [0.15, 0.2) is 0 Å². The first-order valence-corrected chi connectivity index (χ1v) is 8.92. The number of benzene rings is 2. The summed E-state index contributed by atoms with van der Waals surface area (Å²) in [7, 11) is 6.07. The number of hydrogen-bond acceptors (Lipinski definition) is 3. The number of nitrogens with zero attached hydrogens (tertiary/aromatic N) is 1. The zero-order valence-electron chi connectivity index (χ0n) is 16.4. The number of anilines is 1. The minimum absolute atomic E-state index is 0.0482. The van der Waals surface area contributed by atoms with Gasteiger partial charge in [-0.2, -0.15) is 0 Å². The average molecular weight is 370 g/mol. The molecule has 2 aromatic carbocycles. The second-order valence-electron chi connectivity index (χ2n) is 7.62. The van der Waals surface area contributed by atoms with E-state index in [4.69, 9.17) is 4.74 Å². The molecule has 0 saturated heterocycles. The SMILES string of the molecule is CC(=O)C[C@H](C[N+](C)(C)C)NC(=O)Nc1cccc(Oc2ccccc2)c1. The van der Waals surface area contributed by atoms with Crippen molar-refractivity contribution >= 4 is 17.5 Å². The predicted molar refractivity (Wildman–Crippen MR) is 107 cm³/mol. The van der Waals surface area contributed by atoms with Gasteiger partial charge >= 0.3 is 6.03 Å². The highest BCUT2D eigenvalue weighted by Crippen LogP contribution is 2.23. The number of carbonyl (C=O) groups is 2. The molecule has 2 amide bonds. The van der Waals surface area contributed by atoms with Crippen LogP contribution in [0.4, 0.5) is 10.5 Å². The Labute approximate surface area is 160 Å². The molecule has 0 heterocycles. The van der Waals surface area contributed by atoms with Crippen molar-refractivity contribution < 1.29 is 18.8 Å². The van der Waals surface area contributed by atoms with E-state index in [0.29, 0.717) is 28.9 Å². The van der Waals surface area contributed by atoms with Gasteiger partial charge in [0.05, 0.1) is 33.7 Å². The molecular weight excluding hydrogens is 342 g/mol. The van der Waals surface area contributed by atoms with Gasteiger partial charge in [0.1, 0.15) is 17.3 Å². The molecular formula is C21H28N3O3+. The largest absolute Gasteiger partial charge is 0.457 e. The van der Waals surface area contributed by atoms with Crippen LogP contribution < -0.4 is 15.4 Å². The summed E-state index contributed by atoms with van der Waals surface area (Å²) in [4.78, 5) is 23.9. The molecule has 0 aliphatic rings. The Bertz CT molecular complexity index is 770. The van der Waals surface area contributed by atoms with E-state index in [1.807, 2.05) is 63.6 Å². The molecule has 0 saturated carbocycles. The summed E-state index contributed by atoms with van der Waals surface area (Å²) in [6.45, 7) is 2.19. The number of urea groups is 1. The van der Waals surface area contributed by atoms with Crippen LogP contribution in [-0.2, 0) is 4.79 Å². The summed E-state index contributed by atoms with van der Waals surface area (Å²) in [6, 6.07) is 16.1. The second kappa shape index (κ2) is 9.19. The Hall–Kier alpha value is -2.86. The predicted octanol–water partition coefficient (Wildman–Crippen LogP) is 3.65. The number of ether oxygens (including phenoxy) is 1. The number of carbonyl (C=O) groups excluding carboxylic acids is 2. The lowest BCUT2D eigenvalue weighted by Crippen LogP contribution is -2.50.